The van der Waals surface area contributed by atoms with Crippen molar-refractivity contribution in [3.05, 3.63) is 52.1 Å². The molecule has 29 heavy (non-hydrogen) atoms. The number of unbranched alkanes of at least 4 members (excludes halogenated alkanes) is 2. The van der Waals surface area contributed by atoms with Crippen molar-refractivity contribution >= 4 is 5.97 Å². The van der Waals surface area contributed by atoms with Gasteiger partial charge in [-0.2, -0.15) is 0 Å². The maximum Gasteiger partial charge on any atom is 0.341 e. The van der Waals surface area contributed by atoms with Gasteiger partial charge in [-0.3, -0.25) is 0 Å². The molecule has 0 heterocycles. The van der Waals surface area contributed by atoms with E-state index in [0.29, 0.717) is 11.3 Å². The molecule has 4 nitrogen and oxygen atoms in total. The quantitative estimate of drug-likeness (QED) is 0.327. The first-order valence-corrected chi connectivity index (χ1v) is 10.6. The number of rotatable bonds is 9. The van der Waals surface area contributed by atoms with Crippen LogP contribution in [0.1, 0.15) is 85.8 Å². The Balaban J connectivity index is 2.74. The lowest BCUT2D eigenvalue weighted by Crippen LogP contribution is -2.21. The number of carbonyl (C=O) groups excluding carboxylic acids is 1. The molecule has 0 aromatic heterocycles. The number of benzene rings is 1. The Hall–Kier alpha value is -2.07. The maximum absolute atomic E-state index is 12.8. The summed E-state index contributed by atoms with van der Waals surface area (Å²) in [5, 5.41) is 10.2. The van der Waals surface area contributed by atoms with Crippen molar-refractivity contribution in [3.63, 3.8) is 0 Å². The van der Waals surface area contributed by atoms with E-state index in [2.05, 4.69) is 33.4 Å². The molecular weight excluding hydrogens is 364 g/mol. The van der Waals surface area contributed by atoms with E-state index in [1.54, 1.807) is 7.11 Å². The second-order valence-electron chi connectivity index (χ2n) is 8.15. The summed E-state index contributed by atoms with van der Waals surface area (Å²) >= 11 is 0. The fraction of sp³-hybridized carbons (Fsp3) is 0.560. The third-order valence-electron chi connectivity index (χ3n) is 6.01. The summed E-state index contributed by atoms with van der Waals surface area (Å²) in [5.41, 5.74) is 5.51. The number of hydrogen-bond donors (Lipinski definition) is 1. The molecule has 1 N–H and O–H groups in total. The van der Waals surface area contributed by atoms with E-state index in [-0.39, 0.29) is 24.4 Å². The van der Waals surface area contributed by atoms with E-state index in [1.807, 2.05) is 6.07 Å². The van der Waals surface area contributed by atoms with Crippen molar-refractivity contribution < 1.29 is 19.4 Å². The second kappa shape index (κ2) is 10.6. The molecule has 1 unspecified atom stereocenters. The zero-order valence-electron chi connectivity index (χ0n) is 18.6. The molecule has 0 spiro atoms. The number of esters is 1. The molecule has 1 aliphatic rings. The normalized spacial score (nSPS) is 18.9. The van der Waals surface area contributed by atoms with Crippen molar-refractivity contribution in [2.24, 2.45) is 5.92 Å². The van der Waals surface area contributed by atoms with Crippen LogP contribution in [0.5, 0.6) is 5.75 Å². The molecule has 1 aromatic carbocycles. The Morgan fingerprint density at radius 1 is 1.28 bits per heavy atom. The molecule has 0 saturated heterocycles. The highest BCUT2D eigenvalue weighted by Crippen LogP contribution is 2.46. The summed E-state index contributed by atoms with van der Waals surface area (Å²) in [6, 6.07) is 1.98. The van der Waals surface area contributed by atoms with Crippen LogP contribution in [-0.2, 0) is 17.8 Å². The highest BCUT2D eigenvalue weighted by Gasteiger charge is 2.33. The number of allylic oxidation sites excluding steroid dienone is 3. The zero-order chi connectivity index (χ0) is 21.6. The van der Waals surface area contributed by atoms with Gasteiger partial charge < -0.3 is 14.6 Å². The largest absolute Gasteiger partial charge is 0.496 e. The fourth-order valence-electron chi connectivity index (χ4n) is 4.49. The van der Waals surface area contributed by atoms with Crippen LogP contribution in [0, 0.1) is 5.92 Å². The van der Waals surface area contributed by atoms with Crippen LogP contribution in [-0.4, -0.2) is 25.3 Å². The highest BCUT2D eigenvalue weighted by molar-refractivity contribution is 5.95. The third kappa shape index (κ3) is 5.11. The number of methoxy groups -OCH3 is 2. The minimum atomic E-state index is -0.387. The Kier molecular flexibility index (Phi) is 8.51. The minimum Gasteiger partial charge on any atom is -0.496 e. The molecule has 0 bridgehead atoms. The third-order valence-corrected chi connectivity index (χ3v) is 6.01. The first-order valence-electron chi connectivity index (χ1n) is 10.6. The van der Waals surface area contributed by atoms with Crippen molar-refractivity contribution in [1.82, 2.24) is 0 Å². The smallest absolute Gasteiger partial charge is 0.341 e. The van der Waals surface area contributed by atoms with E-state index in [4.69, 9.17) is 9.47 Å². The lowest BCUT2D eigenvalue weighted by molar-refractivity contribution is 0.0595. The summed E-state index contributed by atoms with van der Waals surface area (Å²) in [4.78, 5) is 12.8. The van der Waals surface area contributed by atoms with Crippen molar-refractivity contribution in [1.29, 1.82) is 0 Å². The van der Waals surface area contributed by atoms with E-state index in [0.717, 1.165) is 60.8 Å². The first kappa shape index (κ1) is 23.2. The number of carbonyl (C=O) groups is 1. The van der Waals surface area contributed by atoms with E-state index in [1.165, 1.54) is 12.7 Å². The van der Waals surface area contributed by atoms with Gasteiger partial charge in [-0.05, 0) is 56.6 Å². The maximum atomic E-state index is 12.8. The molecule has 0 saturated carbocycles. The first-order chi connectivity index (χ1) is 13.9. The van der Waals surface area contributed by atoms with Crippen molar-refractivity contribution in [3.8, 4) is 5.75 Å². The van der Waals surface area contributed by atoms with E-state index in [9.17, 15) is 9.90 Å². The number of aliphatic hydroxyl groups excluding tert-OH is 1. The van der Waals surface area contributed by atoms with Crippen LogP contribution in [0.2, 0.25) is 0 Å². The van der Waals surface area contributed by atoms with Gasteiger partial charge in [0, 0.05) is 11.5 Å². The monoisotopic (exact) mass is 400 g/mol. The molecule has 1 aromatic rings. The van der Waals surface area contributed by atoms with Gasteiger partial charge in [0.2, 0.25) is 0 Å². The number of ether oxygens (including phenoxy) is 2. The minimum absolute atomic E-state index is 0.0199. The number of hydrogen-bond acceptors (Lipinski definition) is 4. The van der Waals surface area contributed by atoms with Crippen LogP contribution in [0.25, 0.3) is 0 Å². The Morgan fingerprint density at radius 2 is 2.00 bits per heavy atom. The topological polar surface area (TPSA) is 55.8 Å². The predicted octanol–water partition coefficient (Wildman–Crippen LogP) is 5.72. The van der Waals surface area contributed by atoms with Crippen LogP contribution in [0.15, 0.2) is 29.9 Å². The van der Waals surface area contributed by atoms with E-state index >= 15 is 0 Å². The summed E-state index contributed by atoms with van der Waals surface area (Å²) in [5.74, 6) is 0.417. The number of aryl methyl sites for hydroxylation is 1. The number of aliphatic hydroxyl groups is 1. The van der Waals surface area contributed by atoms with Gasteiger partial charge in [0.15, 0.2) is 0 Å². The average Bonchev–Trinajstić information content (AvgIpc) is 2.71. The predicted molar refractivity (Wildman–Crippen MR) is 118 cm³/mol. The average molecular weight is 401 g/mol. The van der Waals surface area contributed by atoms with Gasteiger partial charge >= 0.3 is 5.97 Å². The molecule has 0 aliphatic heterocycles. The van der Waals surface area contributed by atoms with Crippen molar-refractivity contribution in [2.45, 2.75) is 71.8 Å². The summed E-state index contributed by atoms with van der Waals surface area (Å²) in [6.07, 6.45) is 8.20. The summed E-state index contributed by atoms with van der Waals surface area (Å²) < 4.78 is 11.0. The van der Waals surface area contributed by atoms with Crippen LogP contribution in [0.3, 0.4) is 0 Å². The molecular formula is C25H36O4. The van der Waals surface area contributed by atoms with Crippen LogP contribution in [0.4, 0.5) is 0 Å². The molecule has 4 heteroatoms. The summed E-state index contributed by atoms with van der Waals surface area (Å²) in [6.45, 7) is 10.4. The van der Waals surface area contributed by atoms with Crippen molar-refractivity contribution in [2.75, 3.05) is 14.2 Å². The molecule has 1 aliphatic carbocycles. The van der Waals surface area contributed by atoms with Gasteiger partial charge in [-0.25, -0.2) is 4.79 Å². The Labute approximate surface area is 175 Å². The lowest BCUT2D eigenvalue weighted by atomic mass is 9.72. The Bertz CT molecular complexity index is 776. The van der Waals surface area contributed by atoms with Gasteiger partial charge in [0.1, 0.15) is 11.3 Å². The SMILES string of the molecule is C=C(C)C1CCC(C)=C[C@@H]1c1c(CO)cc(CCCCC)c(C(=O)OC)c1OC. The van der Waals surface area contributed by atoms with E-state index < -0.39 is 0 Å². The van der Waals surface area contributed by atoms with Gasteiger partial charge in [-0.1, -0.05) is 49.6 Å². The molecule has 2 atom stereocenters. The van der Waals surface area contributed by atoms with Gasteiger partial charge in [-0.15, -0.1) is 0 Å². The fourth-order valence-corrected chi connectivity index (χ4v) is 4.49. The Morgan fingerprint density at radius 3 is 2.55 bits per heavy atom. The molecule has 0 radical (unpaired) electrons. The van der Waals surface area contributed by atoms with Crippen LogP contribution < -0.4 is 4.74 Å². The molecule has 160 valence electrons. The van der Waals surface area contributed by atoms with Gasteiger partial charge in [0.25, 0.3) is 0 Å². The second-order valence-corrected chi connectivity index (χ2v) is 8.15. The lowest BCUT2D eigenvalue weighted by Gasteiger charge is -2.33. The molecule has 0 amide bonds. The van der Waals surface area contributed by atoms with Gasteiger partial charge in [0.05, 0.1) is 20.8 Å². The molecule has 0 fully saturated rings. The summed E-state index contributed by atoms with van der Waals surface area (Å²) in [7, 11) is 3.00. The zero-order valence-corrected chi connectivity index (χ0v) is 18.6. The standard InChI is InChI=1S/C25H36O4/c1-7-8-9-10-18-14-19(15-26)22(24(28-5)23(18)25(27)29-6)21-13-17(4)11-12-20(21)16(2)3/h13-14,20-21,26H,2,7-12,15H2,1,3-6H3/t20?,21-/m0/s1. The van der Waals surface area contributed by atoms with Crippen LogP contribution >= 0.6 is 0 Å². The molecule has 2 rings (SSSR count). The highest BCUT2D eigenvalue weighted by atomic mass is 16.5.